The number of hydrogen-bond acceptors (Lipinski definition) is 6. The Kier molecular flexibility index (Phi) is 9.30. The van der Waals surface area contributed by atoms with Crippen molar-refractivity contribution < 1.29 is 4.79 Å². The Bertz CT molecular complexity index is 756. The van der Waals surface area contributed by atoms with Crippen molar-refractivity contribution in [1.29, 1.82) is 5.26 Å². The maximum Gasteiger partial charge on any atom is 0.243 e. The Morgan fingerprint density at radius 1 is 0.875 bits per heavy atom. The number of rotatable bonds is 6. The molecule has 0 saturated carbocycles. The topological polar surface area (TPSA) is 66.7 Å². The fraction of sp³-hybridized carbons (Fsp3) is 0.708. The molecule has 0 N–H and O–H groups in total. The highest BCUT2D eigenvalue weighted by Gasteiger charge is 2.44. The molecule has 0 spiro atoms. The summed E-state index contributed by atoms with van der Waals surface area (Å²) in [5, 5.41) is 10.0. The molecule has 0 unspecified atom stereocenters. The molecule has 3 aliphatic rings. The fourth-order valence-corrected chi connectivity index (χ4v) is 5.20. The summed E-state index contributed by atoms with van der Waals surface area (Å²) in [4.78, 5) is 26.9. The van der Waals surface area contributed by atoms with Gasteiger partial charge in [0.15, 0.2) is 0 Å². The number of halogens is 1. The lowest BCUT2D eigenvalue weighted by Gasteiger charge is -2.39. The molecule has 3 saturated heterocycles. The average molecular weight is 461 g/mol. The molecule has 4 heterocycles. The minimum absolute atomic E-state index is 0. The number of nitrogens with zero attached hydrogens (tertiary/aromatic N) is 6. The Hall–Kier alpha value is -1.72. The number of pyridine rings is 1. The number of carbonyl (C=O) groups excluding carboxylic acids is 1. The monoisotopic (exact) mass is 460 g/mol. The lowest BCUT2D eigenvalue weighted by molar-refractivity contribution is -0.141. The number of likely N-dealkylation sites (tertiary alicyclic amines) is 2. The summed E-state index contributed by atoms with van der Waals surface area (Å²) in [6, 6.07) is 6.51. The van der Waals surface area contributed by atoms with Crippen LogP contribution in [0.2, 0.25) is 0 Å². The smallest absolute Gasteiger partial charge is 0.243 e. The van der Waals surface area contributed by atoms with Crippen molar-refractivity contribution >= 4 is 18.3 Å². The van der Waals surface area contributed by atoms with Crippen LogP contribution in [0.25, 0.3) is 0 Å². The quantitative estimate of drug-likeness (QED) is 0.648. The van der Waals surface area contributed by atoms with E-state index in [9.17, 15) is 10.1 Å². The summed E-state index contributed by atoms with van der Waals surface area (Å²) < 4.78 is 0. The molecule has 1 aromatic rings. The molecule has 176 valence electrons. The molecule has 1 aromatic heterocycles. The summed E-state index contributed by atoms with van der Waals surface area (Å²) in [6.07, 6.45) is 8.55. The molecule has 0 aliphatic carbocycles. The molecule has 0 bridgehead atoms. The van der Waals surface area contributed by atoms with E-state index in [0.29, 0.717) is 12.8 Å². The van der Waals surface area contributed by atoms with Gasteiger partial charge >= 0.3 is 0 Å². The van der Waals surface area contributed by atoms with E-state index in [1.54, 1.807) is 0 Å². The van der Waals surface area contributed by atoms with Gasteiger partial charge in [-0.2, -0.15) is 5.26 Å². The highest BCUT2D eigenvalue weighted by molar-refractivity contribution is 5.86. The normalized spacial score (nSPS) is 22.7. The molecule has 7 nitrogen and oxygen atoms in total. The van der Waals surface area contributed by atoms with E-state index < -0.39 is 5.41 Å². The van der Waals surface area contributed by atoms with Crippen LogP contribution in [-0.4, -0.2) is 95.9 Å². The van der Waals surface area contributed by atoms with Crippen LogP contribution in [0.3, 0.4) is 0 Å². The molecule has 0 radical (unpaired) electrons. The maximum absolute atomic E-state index is 13.4. The Morgan fingerprint density at radius 2 is 1.50 bits per heavy atom. The van der Waals surface area contributed by atoms with Gasteiger partial charge in [0.25, 0.3) is 0 Å². The molecule has 1 amide bonds. The van der Waals surface area contributed by atoms with Crippen molar-refractivity contribution in [3.05, 3.63) is 30.1 Å². The number of carbonyl (C=O) groups is 1. The van der Waals surface area contributed by atoms with Crippen molar-refractivity contribution in [2.75, 3.05) is 65.4 Å². The van der Waals surface area contributed by atoms with Gasteiger partial charge in [-0.1, -0.05) is 0 Å². The van der Waals surface area contributed by atoms with Gasteiger partial charge in [-0.05, 0) is 69.4 Å². The van der Waals surface area contributed by atoms with Crippen LogP contribution >= 0.6 is 12.4 Å². The number of nitriles is 1. The first-order valence-electron chi connectivity index (χ1n) is 12.0. The van der Waals surface area contributed by atoms with Crippen LogP contribution in [0.4, 0.5) is 0 Å². The number of amides is 1. The second-order valence-electron chi connectivity index (χ2n) is 9.36. The predicted octanol–water partition coefficient (Wildman–Crippen LogP) is 2.24. The fourth-order valence-electron chi connectivity index (χ4n) is 5.20. The first-order chi connectivity index (χ1) is 15.2. The SMILES string of the molecule is Cl.N#CC1(C(=O)N2CCCN(CCN3CCCC3)CC2)CCN(Cc2ccncc2)CC1. The summed E-state index contributed by atoms with van der Waals surface area (Å²) in [6.45, 7) is 10.7. The number of aromatic nitrogens is 1. The zero-order valence-corrected chi connectivity index (χ0v) is 19.9. The summed E-state index contributed by atoms with van der Waals surface area (Å²) >= 11 is 0. The lowest BCUT2D eigenvalue weighted by atomic mass is 9.78. The summed E-state index contributed by atoms with van der Waals surface area (Å²) in [7, 11) is 0. The van der Waals surface area contributed by atoms with Crippen molar-refractivity contribution in [2.45, 2.75) is 38.6 Å². The molecular weight excluding hydrogens is 424 g/mol. The molecule has 8 heteroatoms. The molecule has 0 atom stereocenters. The minimum atomic E-state index is -0.848. The molecular formula is C24H37ClN6O. The second-order valence-corrected chi connectivity index (χ2v) is 9.36. The lowest BCUT2D eigenvalue weighted by Crippen LogP contribution is -2.50. The standard InChI is InChI=1S/C24H36N6O.ClH/c25-21-24(6-14-29(15-7-24)20-22-4-8-26-9-5-22)23(31)30-13-3-12-28(18-19-30)17-16-27-10-1-2-11-27;/h4-5,8-9H,1-3,6-7,10-20H2;1H. The summed E-state index contributed by atoms with van der Waals surface area (Å²) in [5.74, 6) is 0.0694. The van der Waals surface area contributed by atoms with E-state index in [0.717, 1.165) is 65.3 Å². The van der Waals surface area contributed by atoms with Gasteiger partial charge in [0.1, 0.15) is 5.41 Å². The van der Waals surface area contributed by atoms with Gasteiger partial charge in [-0.25, -0.2) is 0 Å². The third-order valence-electron chi connectivity index (χ3n) is 7.30. The molecule has 0 aromatic carbocycles. The van der Waals surface area contributed by atoms with Crippen LogP contribution in [-0.2, 0) is 11.3 Å². The van der Waals surface area contributed by atoms with Crippen LogP contribution in [0.15, 0.2) is 24.5 Å². The predicted molar refractivity (Wildman–Crippen MR) is 127 cm³/mol. The van der Waals surface area contributed by atoms with Crippen LogP contribution in [0.1, 0.15) is 37.7 Å². The van der Waals surface area contributed by atoms with Gasteiger partial charge in [-0.3, -0.25) is 14.7 Å². The third-order valence-corrected chi connectivity index (χ3v) is 7.30. The molecule has 32 heavy (non-hydrogen) atoms. The average Bonchev–Trinajstić information content (AvgIpc) is 3.23. The molecule has 3 aliphatic heterocycles. The zero-order valence-electron chi connectivity index (χ0n) is 19.1. The third kappa shape index (κ3) is 6.20. The van der Waals surface area contributed by atoms with E-state index in [-0.39, 0.29) is 18.3 Å². The van der Waals surface area contributed by atoms with E-state index in [1.165, 1.54) is 31.5 Å². The maximum atomic E-state index is 13.4. The zero-order chi connectivity index (χ0) is 21.5. The molecule has 4 rings (SSSR count). The van der Waals surface area contributed by atoms with Gasteiger partial charge in [0.2, 0.25) is 5.91 Å². The van der Waals surface area contributed by atoms with Crippen molar-refractivity contribution in [2.24, 2.45) is 5.41 Å². The number of piperidine rings is 1. The second kappa shape index (κ2) is 11.9. The minimum Gasteiger partial charge on any atom is -0.340 e. The highest BCUT2D eigenvalue weighted by Crippen LogP contribution is 2.34. The van der Waals surface area contributed by atoms with E-state index in [1.807, 2.05) is 29.4 Å². The first-order valence-corrected chi connectivity index (χ1v) is 12.0. The first kappa shape index (κ1) is 24.9. The Morgan fingerprint density at radius 3 is 2.16 bits per heavy atom. The van der Waals surface area contributed by atoms with Gasteiger partial charge in [0, 0.05) is 64.8 Å². The van der Waals surface area contributed by atoms with E-state index in [2.05, 4.69) is 25.8 Å². The Labute approximate surface area is 198 Å². The van der Waals surface area contributed by atoms with Crippen molar-refractivity contribution in [3.8, 4) is 6.07 Å². The van der Waals surface area contributed by atoms with Gasteiger partial charge in [0.05, 0.1) is 6.07 Å². The van der Waals surface area contributed by atoms with Crippen LogP contribution < -0.4 is 0 Å². The van der Waals surface area contributed by atoms with Crippen LogP contribution in [0, 0.1) is 16.7 Å². The van der Waals surface area contributed by atoms with Crippen molar-refractivity contribution in [1.82, 2.24) is 24.6 Å². The highest BCUT2D eigenvalue weighted by atomic mass is 35.5. The van der Waals surface area contributed by atoms with E-state index in [4.69, 9.17) is 0 Å². The van der Waals surface area contributed by atoms with Gasteiger partial charge < -0.3 is 14.7 Å². The van der Waals surface area contributed by atoms with E-state index >= 15 is 0 Å². The summed E-state index contributed by atoms with van der Waals surface area (Å²) in [5.41, 5.74) is 0.381. The number of hydrogen-bond donors (Lipinski definition) is 0. The van der Waals surface area contributed by atoms with Crippen LogP contribution in [0.5, 0.6) is 0 Å². The Balaban J connectivity index is 0.00000289. The van der Waals surface area contributed by atoms with Gasteiger partial charge in [-0.15, -0.1) is 12.4 Å². The molecule has 3 fully saturated rings. The van der Waals surface area contributed by atoms with Crippen molar-refractivity contribution in [3.63, 3.8) is 0 Å². The largest absolute Gasteiger partial charge is 0.340 e.